The molecule has 1 saturated heterocycles. The molecule has 4 fully saturated rings. The lowest BCUT2D eigenvalue weighted by Gasteiger charge is -2.56. The average molecular weight is 732 g/mol. The Labute approximate surface area is 279 Å². The minimum atomic E-state index is -5.49. The van der Waals surface area contributed by atoms with E-state index in [-0.39, 0.29) is 48.1 Å². The summed E-state index contributed by atoms with van der Waals surface area (Å²) in [5.74, 6) is -1.78. The molecule has 13 atom stereocenters. The van der Waals surface area contributed by atoms with Crippen LogP contribution in [0.2, 0.25) is 0 Å². The van der Waals surface area contributed by atoms with E-state index in [0.717, 1.165) is 16.3 Å². The van der Waals surface area contributed by atoms with Crippen LogP contribution >= 0.6 is 15.6 Å². The first kappa shape index (κ1) is 36.4. The summed E-state index contributed by atoms with van der Waals surface area (Å²) in [6, 6.07) is 1.23. The number of ether oxygens (including phenoxy) is 1. The van der Waals surface area contributed by atoms with Crippen LogP contribution in [0.15, 0.2) is 40.9 Å². The third-order valence-electron chi connectivity index (χ3n) is 11.0. The Morgan fingerprint density at radius 3 is 2.57 bits per heavy atom. The number of aliphatic hydroxyl groups is 4. The van der Waals surface area contributed by atoms with E-state index in [1.54, 1.807) is 13.0 Å². The van der Waals surface area contributed by atoms with Crippen LogP contribution in [0, 0.1) is 29.1 Å². The van der Waals surface area contributed by atoms with Crippen molar-refractivity contribution < 1.29 is 67.0 Å². The van der Waals surface area contributed by atoms with Crippen LogP contribution in [-0.4, -0.2) is 94.6 Å². The molecule has 1 aromatic heterocycles. The van der Waals surface area contributed by atoms with Gasteiger partial charge in [0.1, 0.15) is 36.3 Å². The molecule has 270 valence electrons. The number of phosphoric ester groups is 2. The van der Waals surface area contributed by atoms with Crippen LogP contribution in [0.3, 0.4) is 0 Å². The fourth-order valence-corrected chi connectivity index (χ4v) is 10.7. The predicted octanol–water partition coefficient (Wildman–Crippen LogP) is -0.116. The van der Waals surface area contributed by atoms with Gasteiger partial charge in [0.15, 0.2) is 17.8 Å². The summed E-state index contributed by atoms with van der Waals surface area (Å²) in [6.07, 6.45) is 0.437. The number of fused-ring (bicyclic) bond motifs is 5. The molecular formula is C29H39N3O15P2. The number of carbonyl (C=O) groups excluding carboxylic acids is 2. The second kappa shape index (κ2) is 13.0. The van der Waals surface area contributed by atoms with Gasteiger partial charge in [-0.15, -0.1) is 0 Å². The third kappa shape index (κ3) is 6.59. The lowest BCUT2D eigenvalue weighted by Crippen LogP contribution is -2.60. The fraction of sp³-hybridized carbons (Fsp3) is 0.655. The number of nitrogens with two attached hydrogens (primary N) is 1. The summed E-state index contributed by atoms with van der Waals surface area (Å²) in [4.78, 5) is 61.3. The van der Waals surface area contributed by atoms with Crippen molar-refractivity contribution in [2.45, 2.75) is 75.3 Å². The highest BCUT2D eigenvalue weighted by Crippen LogP contribution is 2.65. The van der Waals surface area contributed by atoms with E-state index in [1.165, 1.54) is 12.1 Å². The number of rotatable bonds is 10. The SMILES string of the molecule is CC12CC(O)C3C4C=CC(=O)C=C4CCC3C1CC[C@]2(O)C(=O)COP(=O)(O)OP(=O)(O)OC[C@H]1OC(n2ccc(N)nc2=O)[C@@H](O)[C@@H]1O. The number of ketones is 2. The lowest BCUT2D eigenvalue weighted by atomic mass is 9.50. The summed E-state index contributed by atoms with van der Waals surface area (Å²) in [6.45, 7) is -0.452. The van der Waals surface area contributed by atoms with E-state index in [0.29, 0.717) is 19.3 Å². The molecule has 1 aliphatic heterocycles. The molecular weight excluding hydrogens is 692 g/mol. The molecule has 20 heteroatoms. The molecule has 4 aliphatic carbocycles. The fourth-order valence-electron chi connectivity index (χ4n) is 8.68. The largest absolute Gasteiger partial charge is 0.481 e. The molecule has 18 nitrogen and oxygen atoms in total. The van der Waals surface area contributed by atoms with Crippen LogP contribution in [-0.2, 0) is 36.8 Å². The minimum Gasteiger partial charge on any atom is -0.393 e. The summed E-state index contributed by atoms with van der Waals surface area (Å²) in [5, 5.41) is 43.8. The second-order valence-corrected chi connectivity index (χ2v) is 16.6. The summed E-state index contributed by atoms with van der Waals surface area (Å²) >= 11 is 0. The van der Waals surface area contributed by atoms with Gasteiger partial charge in [-0.2, -0.15) is 9.29 Å². The van der Waals surface area contributed by atoms with Crippen molar-refractivity contribution in [1.29, 1.82) is 0 Å². The molecule has 3 saturated carbocycles. The number of Topliss-reactive ketones (excluding diaryl/α,β-unsaturated/α-hetero) is 1. The van der Waals surface area contributed by atoms with Gasteiger partial charge in [0.2, 0.25) is 0 Å². The molecule has 8 N–H and O–H groups in total. The number of carbonyl (C=O) groups is 2. The Balaban J connectivity index is 1.06. The zero-order valence-electron chi connectivity index (χ0n) is 26.3. The van der Waals surface area contributed by atoms with Crippen molar-refractivity contribution in [1.82, 2.24) is 9.55 Å². The molecule has 9 unspecified atom stereocenters. The Morgan fingerprint density at radius 2 is 1.86 bits per heavy atom. The third-order valence-corrected chi connectivity index (χ3v) is 13.5. The standard InChI is InChI=1S/C29H39N3O15P2/c1-28-11-19(34)23-16-5-3-15(33)10-14(16)2-4-17(23)18(28)6-8-29(28,39)21(35)13-45-49(42,43)47-48(40,41)44-12-20-24(36)25(37)26(46-20)32-9-7-22(30)31-27(32)38/h3,5,7,9-10,16-20,23-26,34,36-37,39H,2,4,6,8,11-13H2,1H3,(H,40,41)(H,42,43)(H2,30,31,38)/t16?,17?,18?,19?,20-,23?,24-,25+,26?,28?,29+/m1/s1. The maximum atomic E-state index is 13.5. The zero-order chi connectivity index (χ0) is 35.7. The molecule has 0 radical (unpaired) electrons. The minimum absolute atomic E-state index is 0.0126. The molecule has 49 heavy (non-hydrogen) atoms. The molecule has 6 rings (SSSR count). The van der Waals surface area contributed by atoms with Gasteiger partial charge in [-0.3, -0.25) is 23.2 Å². The van der Waals surface area contributed by atoms with E-state index in [2.05, 4.69) is 13.8 Å². The maximum absolute atomic E-state index is 13.5. The van der Waals surface area contributed by atoms with E-state index < -0.39 is 82.0 Å². The average Bonchev–Trinajstić information content (AvgIpc) is 3.45. The van der Waals surface area contributed by atoms with E-state index in [9.17, 15) is 53.7 Å². The normalized spacial score (nSPS) is 40.8. The molecule has 1 aromatic rings. The van der Waals surface area contributed by atoms with Crippen LogP contribution < -0.4 is 11.4 Å². The van der Waals surface area contributed by atoms with Crippen LogP contribution in [0.25, 0.3) is 0 Å². The van der Waals surface area contributed by atoms with Crippen LogP contribution in [0.1, 0.15) is 45.3 Å². The van der Waals surface area contributed by atoms with Crippen molar-refractivity contribution in [3.8, 4) is 0 Å². The van der Waals surface area contributed by atoms with E-state index in [4.69, 9.17) is 15.0 Å². The molecule has 0 aromatic carbocycles. The first-order chi connectivity index (χ1) is 22.9. The van der Waals surface area contributed by atoms with Crippen LogP contribution in [0.4, 0.5) is 5.82 Å². The predicted molar refractivity (Wildman–Crippen MR) is 165 cm³/mol. The van der Waals surface area contributed by atoms with Crippen molar-refractivity contribution in [3.05, 3.63) is 46.5 Å². The molecule has 0 bridgehead atoms. The molecule has 0 amide bonds. The van der Waals surface area contributed by atoms with Crippen molar-refractivity contribution in [2.24, 2.45) is 29.1 Å². The Kier molecular flexibility index (Phi) is 9.61. The smallest absolute Gasteiger partial charge is 0.393 e. The molecule has 2 heterocycles. The topological polar surface area (TPSA) is 287 Å². The highest BCUT2D eigenvalue weighted by Gasteiger charge is 2.67. The first-order valence-electron chi connectivity index (χ1n) is 15.7. The monoisotopic (exact) mass is 731 g/mol. The number of nitrogen functional groups attached to an aromatic ring is 1. The van der Waals surface area contributed by atoms with Gasteiger partial charge in [0.25, 0.3) is 0 Å². The number of phosphoric acid groups is 2. The van der Waals surface area contributed by atoms with E-state index in [1.807, 2.05) is 6.08 Å². The second-order valence-electron chi connectivity index (χ2n) is 13.6. The first-order valence-corrected chi connectivity index (χ1v) is 18.7. The number of anilines is 1. The van der Waals surface area contributed by atoms with Gasteiger partial charge in [0.05, 0.1) is 12.7 Å². The van der Waals surface area contributed by atoms with Gasteiger partial charge in [-0.05, 0) is 68.1 Å². The van der Waals surface area contributed by atoms with Crippen LogP contribution in [0.5, 0.6) is 0 Å². The van der Waals surface area contributed by atoms with Crippen molar-refractivity contribution >= 4 is 33.0 Å². The van der Waals surface area contributed by atoms with Gasteiger partial charge < -0.3 is 40.7 Å². The Morgan fingerprint density at radius 1 is 1.14 bits per heavy atom. The van der Waals surface area contributed by atoms with Crippen molar-refractivity contribution in [3.63, 3.8) is 0 Å². The number of nitrogens with zero attached hydrogens (tertiary/aromatic N) is 2. The summed E-state index contributed by atoms with van der Waals surface area (Å²) in [7, 11) is -10.9. The molecule has 0 spiro atoms. The van der Waals surface area contributed by atoms with E-state index >= 15 is 0 Å². The van der Waals surface area contributed by atoms with Crippen molar-refractivity contribution in [2.75, 3.05) is 18.9 Å². The number of aliphatic hydroxyl groups excluding tert-OH is 3. The van der Waals surface area contributed by atoms with Gasteiger partial charge in [0, 0.05) is 17.5 Å². The summed E-state index contributed by atoms with van der Waals surface area (Å²) in [5.41, 5.74) is 2.29. The van der Waals surface area contributed by atoms with Gasteiger partial charge >= 0.3 is 21.3 Å². The number of aromatic nitrogens is 2. The molecule has 5 aliphatic rings. The highest BCUT2D eigenvalue weighted by molar-refractivity contribution is 7.61. The number of allylic oxidation sites excluding steroid dienone is 4. The quantitative estimate of drug-likeness (QED) is 0.154. The van der Waals surface area contributed by atoms with Gasteiger partial charge in [-0.1, -0.05) is 18.6 Å². The maximum Gasteiger partial charge on any atom is 0.481 e. The Hall–Kier alpha value is -2.44. The zero-order valence-corrected chi connectivity index (χ0v) is 28.0. The van der Waals surface area contributed by atoms with Gasteiger partial charge in [-0.25, -0.2) is 13.9 Å². The highest BCUT2D eigenvalue weighted by atomic mass is 31.3. The summed E-state index contributed by atoms with van der Waals surface area (Å²) < 4.78 is 45.1. The lowest BCUT2D eigenvalue weighted by molar-refractivity contribution is -0.173. The number of hydrogen-bond donors (Lipinski definition) is 7. The Bertz CT molecular complexity index is 1730. The number of hydrogen-bond acceptors (Lipinski definition) is 15.